The number of halogens is 1. The molecule has 3 rings (SSSR count). The first-order valence-electron chi connectivity index (χ1n) is 9.92. The molecule has 162 valence electrons. The Labute approximate surface area is 197 Å². The highest BCUT2D eigenvalue weighted by atomic mass is 35.5. The average molecular weight is 473 g/mol. The van der Waals surface area contributed by atoms with E-state index in [1.807, 2.05) is 55.7 Å². The van der Waals surface area contributed by atoms with Gasteiger partial charge in [-0.15, -0.1) is 11.3 Å². The van der Waals surface area contributed by atoms with Gasteiger partial charge < -0.3 is 15.2 Å². The van der Waals surface area contributed by atoms with E-state index < -0.39 is 0 Å². The molecule has 0 fully saturated rings. The number of thiophene rings is 1. The number of rotatable bonds is 6. The molecular formula is C24H25ClN2O2S2. The lowest BCUT2D eigenvalue weighted by atomic mass is 9.88. The van der Waals surface area contributed by atoms with Gasteiger partial charge in [0.2, 0.25) is 5.70 Å². The smallest absolute Gasteiger partial charge is 0.239 e. The summed E-state index contributed by atoms with van der Waals surface area (Å²) >= 11 is 13.0. The summed E-state index contributed by atoms with van der Waals surface area (Å²) in [6, 6.07) is 14.9. The van der Waals surface area contributed by atoms with Crippen molar-refractivity contribution >= 4 is 57.3 Å². The van der Waals surface area contributed by atoms with Gasteiger partial charge >= 0.3 is 0 Å². The van der Waals surface area contributed by atoms with Crippen molar-refractivity contribution < 1.29 is 14.4 Å². The van der Waals surface area contributed by atoms with E-state index in [0.717, 1.165) is 11.4 Å². The number of aromatic nitrogens is 1. The molecule has 0 unspecified atom stereocenters. The van der Waals surface area contributed by atoms with Gasteiger partial charge in [0.1, 0.15) is 5.75 Å². The lowest BCUT2D eigenvalue weighted by Gasteiger charge is -2.19. The van der Waals surface area contributed by atoms with Crippen molar-refractivity contribution in [1.82, 2.24) is 0 Å². The maximum absolute atomic E-state index is 13.4. The Morgan fingerprint density at radius 3 is 2.26 bits per heavy atom. The van der Waals surface area contributed by atoms with Crippen LogP contribution in [0.4, 0.5) is 5.69 Å². The van der Waals surface area contributed by atoms with Gasteiger partial charge in [0.25, 0.3) is 0 Å². The first kappa shape index (κ1) is 23.3. The third kappa shape index (κ3) is 5.85. The topological polar surface area (TPSA) is 48.2 Å². The average Bonchev–Trinajstić information content (AvgIpc) is 3.16. The number of nitrogens with one attached hydrogen (secondary N) is 1. The van der Waals surface area contributed by atoms with E-state index in [1.165, 1.54) is 16.9 Å². The normalized spacial score (nSPS) is 12.3. The third-order valence-electron chi connectivity index (χ3n) is 4.60. The van der Waals surface area contributed by atoms with Gasteiger partial charge in [-0.3, -0.25) is 0 Å². The van der Waals surface area contributed by atoms with E-state index in [-0.39, 0.29) is 11.2 Å². The molecule has 2 aromatic heterocycles. The summed E-state index contributed by atoms with van der Waals surface area (Å²) in [5.41, 5.74) is 2.31. The first-order valence-corrected chi connectivity index (χ1v) is 11.5. The molecule has 0 amide bonds. The summed E-state index contributed by atoms with van der Waals surface area (Å²) in [5.74, 6) is 0.591. The van der Waals surface area contributed by atoms with Crippen LogP contribution in [0, 0.1) is 0 Å². The molecule has 0 saturated heterocycles. The predicted octanol–water partition coefficient (Wildman–Crippen LogP) is 5.51. The van der Waals surface area contributed by atoms with Gasteiger partial charge in [-0.2, -0.15) is 4.57 Å². The Kier molecular flexibility index (Phi) is 7.36. The van der Waals surface area contributed by atoms with Gasteiger partial charge in [0.15, 0.2) is 17.4 Å². The zero-order valence-corrected chi connectivity index (χ0v) is 20.3. The van der Waals surface area contributed by atoms with Crippen LogP contribution in [-0.2, 0) is 5.41 Å². The van der Waals surface area contributed by atoms with Crippen molar-refractivity contribution in [2.24, 2.45) is 0 Å². The van der Waals surface area contributed by atoms with Crippen LogP contribution < -0.4 is 19.7 Å². The molecule has 3 aromatic rings. The molecule has 4 nitrogen and oxygen atoms in total. The van der Waals surface area contributed by atoms with Gasteiger partial charge in [0.05, 0.1) is 10.9 Å². The van der Waals surface area contributed by atoms with Crippen molar-refractivity contribution in [3.8, 4) is 5.75 Å². The highest BCUT2D eigenvalue weighted by Crippen LogP contribution is 2.28. The molecule has 0 atom stereocenters. The minimum Gasteiger partial charge on any atom is -0.867 e. The van der Waals surface area contributed by atoms with Crippen molar-refractivity contribution in [3.05, 3.63) is 75.7 Å². The van der Waals surface area contributed by atoms with E-state index in [0.29, 0.717) is 26.5 Å². The number of hydrogen-bond acceptors (Lipinski definition) is 4. The Morgan fingerprint density at radius 2 is 1.74 bits per heavy atom. The first-order chi connectivity index (χ1) is 14.7. The lowest BCUT2D eigenvalue weighted by molar-refractivity contribution is -0.577. The Morgan fingerprint density at radius 1 is 1.10 bits per heavy atom. The fraction of sp³-hybridized carbons (Fsp3) is 0.250. The van der Waals surface area contributed by atoms with E-state index in [2.05, 4.69) is 26.1 Å². The van der Waals surface area contributed by atoms with Crippen LogP contribution in [0.2, 0.25) is 4.34 Å². The molecule has 0 aliphatic rings. The van der Waals surface area contributed by atoms with Crippen LogP contribution in [0.25, 0.3) is 11.5 Å². The summed E-state index contributed by atoms with van der Waals surface area (Å²) in [6.45, 7) is 8.98. The molecule has 31 heavy (non-hydrogen) atoms. The Bertz CT molecular complexity index is 1080. The van der Waals surface area contributed by atoms with Crippen LogP contribution in [0.15, 0.2) is 60.9 Å². The Balaban J connectivity index is 1.98. The second kappa shape index (κ2) is 9.81. The van der Waals surface area contributed by atoms with Crippen LogP contribution in [0.3, 0.4) is 0 Å². The highest BCUT2D eigenvalue weighted by molar-refractivity contribution is 7.81. The van der Waals surface area contributed by atoms with Crippen LogP contribution in [-0.4, -0.2) is 11.6 Å². The number of anilines is 1. The maximum Gasteiger partial charge on any atom is 0.239 e. The summed E-state index contributed by atoms with van der Waals surface area (Å²) in [7, 11) is 0. The minimum absolute atomic E-state index is 0.00556. The van der Waals surface area contributed by atoms with E-state index in [4.69, 9.17) is 28.6 Å². The monoisotopic (exact) mass is 472 g/mol. The van der Waals surface area contributed by atoms with Gasteiger partial charge in [-0.05, 0) is 60.1 Å². The van der Waals surface area contributed by atoms with Crippen LogP contribution in [0.5, 0.6) is 5.75 Å². The molecule has 0 radical (unpaired) electrons. The zero-order valence-electron chi connectivity index (χ0n) is 17.9. The van der Waals surface area contributed by atoms with Crippen molar-refractivity contribution in [1.29, 1.82) is 0 Å². The standard InChI is InChI=1S/C24H25ClN2O2S2/c1-5-29-18-8-6-17(7-9-18)26-23(30)21(22(28)19-10-11-20(25)31-19)27-14-12-16(13-15-27)24(2,3)4/h6-15H,5H2,1-4H3,(H-,26,28,30). The zero-order chi connectivity index (χ0) is 22.6. The summed E-state index contributed by atoms with van der Waals surface area (Å²) in [5, 5.41) is 16.5. The number of ether oxygens (including phenoxy) is 1. The largest absolute Gasteiger partial charge is 0.867 e. The van der Waals surface area contributed by atoms with Crippen LogP contribution >= 0.6 is 35.2 Å². The number of benzene rings is 1. The molecule has 1 N–H and O–H groups in total. The molecule has 2 heterocycles. The number of hydrogen-bond donors (Lipinski definition) is 1. The second-order valence-corrected chi connectivity index (χ2v) is 10.1. The molecular weight excluding hydrogens is 448 g/mol. The van der Waals surface area contributed by atoms with Crippen molar-refractivity contribution in [2.75, 3.05) is 11.9 Å². The van der Waals surface area contributed by atoms with E-state index >= 15 is 0 Å². The summed E-state index contributed by atoms with van der Waals surface area (Å²) in [6.07, 6.45) is 3.74. The molecule has 7 heteroatoms. The molecule has 0 spiro atoms. The van der Waals surface area contributed by atoms with Crippen molar-refractivity contribution in [2.45, 2.75) is 33.1 Å². The van der Waals surface area contributed by atoms with Gasteiger partial charge in [0, 0.05) is 22.7 Å². The van der Waals surface area contributed by atoms with E-state index in [9.17, 15) is 5.11 Å². The molecule has 0 bridgehead atoms. The summed E-state index contributed by atoms with van der Waals surface area (Å²) < 4.78 is 7.80. The third-order valence-corrected chi connectivity index (χ3v) is 6.13. The molecule has 0 aliphatic heterocycles. The second-order valence-electron chi connectivity index (χ2n) is 7.94. The van der Waals surface area contributed by atoms with Gasteiger partial charge in [-0.25, -0.2) is 0 Å². The maximum atomic E-state index is 13.4. The lowest BCUT2D eigenvalue weighted by Crippen LogP contribution is -2.40. The van der Waals surface area contributed by atoms with E-state index in [1.54, 1.807) is 16.7 Å². The Hall–Kier alpha value is -2.41. The van der Waals surface area contributed by atoms with Crippen LogP contribution in [0.1, 0.15) is 38.1 Å². The fourth-order valence-corrected chi connectivity index (χ4v) is 4.26. The summed E-state index contributed by atoms with van der Waals surface area (Å²) in [4.78, 5) is 0.857. The van der Waals surface area contributed by atoms with Crippen molar-refractivity contribution in [3.63, 3.8) is 0 Å². The molecule has 1 aromatic carbocycles. The minimum atomic E-state index is -0.186. The van der Waals surface area contributed by atoms with Gasteiger partial charge in [-0.1, -0.05) is 44.6 Å². The number of pyridine rings is 1. The quantitative estimate of drug-likeness (QED) is 0.222. The molecule has 0 saturated carbocycles. The fourth-order valence-electron chi connectivity index (χ4n) is 2.96. The number of nitrogens with zero attached hydrogens (tertiary/aromatic N) is 1. The molecule has 0 aliphatic carbocycles. The number of thiocarbonyl (C=S) groups is 1. The highest BCUT2D eigenvalue weighted by Gasteiger charge is 2.22. The predicted molar refractivity (Wildman–Crippen MR) is 132 cm³/mol. The SMILES string of the molecule is CCOc1ccc(NC(=S)/C(=C(\[O-])c2ccc(Cl)s2)[n+]2ccc(C(C)(C)C)cc2)cc1.